The number of halogens is 3. The van der Waals surface area contributed by atoms with Gasteiger partial charge in [0.15, 0.2) is 0 Å². The van der Waals surface area contributed by atoms with E-state index in [0.717, 1.165) is 46.6 Å². The van der Waals surface area contributed by atoms with E-state index >= 15 is 0 Å². The molecule has 2 aliphatic heterocycles. The minimum Gasteiger partial charge on any atom is -0.388 e. The van der Waals surface area contributed by atoms with Gasteiger partial charge in [-0.2, -0.15) is 13.2 Å². The standard InChI is InChI=1S/C27H32F3NO3/c1-15(2)23-21-22(20-18(31-23)13-25(3,4)14-19(20)32)26(9-11-33-12-10-26)34-24(21)16-5-7-17(8-6-16)27(28,29)30/h5-8,15,19,24,32H,9-14H2,1-4H3/t19?,24-/m1/s1. The molecule has 34 heavy (non-hydrogen) atoms. The predicted molar refractivity (Wildman–Crippen MR) is 121 cm³/mol. The van der Waals surface area contributed by atoms with Gasteiger partial charge in [0.25, 0.3) is 0 Å². The molecule has 1 aromatic heterocycles. The Morgan fingerprint density at radius 1 is 1.06 bits per heavy atom. The third-order valence-corrected chi connectivity index (χ3v) is 7.56. The molecule has 0 radical (unpaired) electrons. The minimum atomic E-state index is -4.39. The van der Waals surface area contributed by atoms with Crippen LogP contribution in [0.4, 0.5) is 13.2 Å². The first kappa shape index (κ1) is 23.8. The first-order valence-corrected chi connectivity index (χ1v) is 12.1. The second-order valence-corrected chi connectivity index (χ2v) is 11.1. The van der Waals surface area contributed by atoms with Crippen molar-refractivity contribution in [2.45, 2.75) is 83.3 Å². The van der Waals surface area contributed by atoms with E-state index in [9.17, 15) is 18.3 Å². The van der Waals surface area contributed by atoms with E-state index in [1.54, 1.807) is 0 Å². The second kappa shape index (κ2) is 8.04. The molecular formula is C27H32F3NO3. The first-order chi connectivity index (χ1) is 15.9. The Morgan fingerprint density at radius 2 is 1.71 bits per heavy atom. The molecule has 5 rings (SSSR count). The maximum absolute atomic E-state index is 13.2. The van der Waals surface area contributed by atoms with Gasteiger partial charge in [-0.3, -0.25) is 4.98 Å². The summed E-state index contributed by atoms with van der Waals surface area (Å²) in [5.74, 6) is 0.0942. The molecule has 3 aliphatic rings. The van der Waals surface area contributed by atoms with Crippen molar-refractivity contribution in [1.29, 1.82) is 0 Å². The highest BCUT2D eigenvalue weighted by Crippen LogP contribution is 2.57. The van der Waals surface area contributed by atoms with E-state index in [1.807, 2.05) is 0 Å². The lowest BCUT2D eigenvalue weighted by Crippen LogP contribution is -2.37. The Labute approximate surface area is 198 Å². The fraction of sp³-hybridized carbons (Fsp3) is 0.593. The van der Waals surface area contributed by atoms with Gasteiger partial charge in [0.05, 0.1) is 17.3 Å². The molecule has 184 valence electrons. The lowest BCUT2D eigenvalue weighted by Gasteiger charge is -2.40. The fourth-order valence-electron chi connectivity index (χ4n) is 6.02. The van der Waals surface area contributed by atoms with Crippen molar-refractivity contribution in [3.05, 3.63) is 63.5 Å². The van der Waals surface area contributed by atoms with Crippen molar-refractivity contribution in [1.82, 2.24) is 4.98 Å². The zero-order chi connectivity index (χ0) is 24.5. The normalized spacial score (nSPS) is 25.4. The quantitative estimate of drug-likeness (QED) is 0.550. The van der Waals surface area contributed by atoms with Crippen LogP contribution in [0.25, 0.3) is 0 Å². The topological polar surface area (TPSA) is 51.6 Å². The van der Waals surface area contributed by atoms with E-state index < -0.39 is 29.5 Å². The number of alkyl halides is 3. The molecule has 0 amide bonds. The van der Waals surface area contributed by atoms with Crippen LogP contribution in [0.1, 0.15) is 104 Å². The summed E-state index contributed by atoms with van der Waals surface area (Å²) >= 11 is 0. The van der Waals surface area contributed by atoms with Crippen molar-refractivity contribution in [3.63, 3.8) is 0 Å². The lowest BCUT2D eigenvalue weighted by atomic mass is 9.70. The number of ether oxygens (including phenoxy) is 2. The van der Waals surface area contributed by atoms with Crippen LogP contribution < -0.4 is 0 Å². The number of benzene rings is 1. The average molecular weight is 476 g/mol. The number of aromatic nitrogens is 1. The van der Waals surface area contributed by atoms with Gasteiger partial charge >= 0.3 is 6.18 Å². The van der Waals surface area contributed by atoms with Crippen LogP contribution in [0, 0.1) is 5.41 Å². The first-order valence-electron chi connectivity index (χ1n) is 12.1. The molecule has 1 aromatic carbocycles. The molecule has 1 saturated heterocycles. The van der Waals surface area contributed by atoms with E-state index in [4.69, 9.17) is 14.5 Å². The van der Waals surface area contributed by atoms with Gasteiger partial charge in [-0.1, -0.05) is 39.8 Å². The molecular weight excluding hydrogens is 443 g/mol. The van der Waals surface area contributed by atoms with E-state index in [2.05, 4.69) is 27.7 Å². The number of hydrogen-bond donors (Lipinski definition) is 1. The number of aliphatic hydroxyl groups excluding tert-OH is 1. The van der Waals surface area contributed by atoms with Crippen molar-refractivity contribution in [3.8, 4) is 0 Å². The summed E-state index contributed by atoms with van der Waals surface area (Å²) in [6, 6.07) is 5.26. The van der Waals surface area contributed by atoms with Crippen LogP contribution in [0.2, 0.25) is 0 Å². The summed E-state index contributed by atoms with van der Waals surface area (Å²) in [4.78, 5) is 5.09. The molecule has 7 heteroatoms. The smallest absolute Gasteiger partial charge is 0.388 e. The Hall–Kier alpha value is -1.96. The third kappa shape index (κ3) is 3.86. The molecule has 4 nitrogen and oxygen atoms in total. The average Bonchev–Trinajstić information content (AvgIpc) is 3.06. The predicted octanol–water partition coefficient (Wildman–Crippen LogP) is 6.35. The van der Waals surface area contributed by atoms with Crippen molar-refractivity contribution >= 4 is 0 Å². The van der Waals surface area contributed by atoms with Crippen LogP contribution in [0.15, 0.2) is 24.3 Å². The van der Waals surface area contributed by atoms with Crippen molar-refractivity contribution in [2.75, 3.05) is 13.2 Å². The summed E-state index contributed by atoms with van der Waals surface area (Å²) in [6.45, 7) is 9.53. The molecule has 3 heterocycles. The molecule has 1 spiro atoms. The van der Waals surface area contributed by atoms with Gasteiger partial charge in [0.1, 0.15) is 6.10 Å². The Morgan fingerprint density at radius 3 is 2.29 bits per heavy atom. The highest BCUT2D eigenvalue weighted by atomic mass is 19.4. The monoisotopic (exact) mass is 475 g/mol. The molecule has 1 fully saturated rings. The van der Waals surface area contributed by atoms with Gasteiger partial charge < -0.3 is 14.6 Å². The SMILES string of the molecule is CC(C)c1nc2c(c3c1[C@@H](c1ccc(C(F)(F)F)cc1)OC31CCOCC1)C(O)CC(C)(C)C2. The number of hydrogen-bond acceptors (Lipinski definition) is 4. The van der Waals surface area contributed by atoms with Crippen LogP contribution in [-0.2, 0) is 27.7 Å². The maximum Gasteiger partial charge on any atom is 0.416 e. The number of pyridine rings is 1. The summed E-state index contributed by atoms with van der Waals surface area (Å²) in [5, 5.41) is 11.3. The number of fused-ring (bicyclic) bond motifs is 4. The highest BCUT2D eigenvalue weighted by molar-refractivity contribution is 5.54. The highest BCUT2D eigenvalue weighted by Gasteiger charge is 2.52. The molecule has 0 bridgehead atoms. The Kier molecular flexibility index (Phi) is 5.62. The van der Waals surface area contributed by atoms with Gasteiger partial charge in [0.2, 0.25) is 0 Å². The number of rotatable bonds is 2. The van der Waals surface area contributed by atoms with E-state index in [0.29, 0.717) is 38.0 Å². The molecule has 1 aliphatic carbocycles. The Balaban J connectivity index is 1.74. The van der Waals surface area contributed by atoms with Crippen LogP contribution in [0.5, 0.6) is 0 Å². The number of nitrogens with zero attached hydrogens (tertiary/aromatic N) is 1. The summed E-state index contributed by atoms with van der Waals surface area (Å²) in [5.41, 5.74) is 3.92. The zero-order valence-corrected chi connectivity index (χ0v) is 20.1. The third-order valence-electron chi connectivity index (χ3n) is 7.56. The molecule has 1 unspecified atom stereocenters. The lowest BCUT2D eigenvalue weighted by molar-refractivity contribution is -0.137. The van der Waals surface area contributed by atoms with E-state index in [1.165, 1.54) is 12.1 Å². The van der Waals surface area contributed by atoms with Crippen molar-refractivity contribution < 1.29 is 27.8 Å². The van der Waals surface area contributed by atoms with Gasteiger partial charge in [-0.05, 0) is 47.4 Å². The van der Waals surface area contributed by atoms with E-state index in [-0.39, 0.29) is 11.3 Å². The van der Waals surface area contributed by atoms with Gasteiger partial charge in [0, 0.05) is 48.6 Å². The van der Waals surface area contributed by atoms with Gasteiger partial charge in [-0.15, -0.1) is 0 Å². The summed E-state index contributed by atoms with van der Waals surface area (Å²) in [7, 11) is 0. The second-order valence-electron chi connectivity index (χ2n) is 11.1. The summed E-state index contributed by atoms with van der Waals surface area (Å²) < 4.78 is 52.1. The van der Waals surface area contributed by atoms with Crippen LogP contribution in [-0.4, -0.2) is 23.3 Å². The van der Waals surface area contributed by atoms with Crippen LogP contribution in [0.3, 0.4) is 0 Å². The Bertz CT molecular complexity index is 1090. The van der Waals surface area contributed by atoms with Crippen LogP contribution >= 0.6 is 0 Å². The number of aliphatic hydroxyl groups is 1. The molecule has 0 saturated carbocycles. The molecule has 1 N–H and O–H groups in total. The maximum atomic E-state index is 13.2. The summed E-state index contributed by atoms with van der Waals surface area (Å²) in [6.07, 6.45) is -2.90. The molecule has 2 atom stereocenters. The van der Waals surface area contributed by atoms with Crippen molar-refractivity contribution in [2.24, 2.45) is 5.41 Å². The minimum absolute atomic E-state index is 0.0724. The zero-order valence-electron chi connectivity index (χ0n) is 20.1. The largest absolute Gasteiger partial charge is 0.416 e. The fourth-order valence-corrected chi connectivity index (χ4v) is 6.02. The van der Waals surface area contributed by atoms with Gasteiger partial charge in [-0.25, -0.2) is 0 Å². The molecule has 2 aromatic rings.